The van der Waals surface area contributed by atoms with Crippen LogP contribution in [0.1, 0.15) is 17.9 Å². The Kier molecular flexibility index (Phi) is 3.32. The van der Waals surface area contributed by atoms with Gasteiger partial charge in [-0.1, -0.05) is 23.4 Å². The van der Waals surface area contributed by atoms with E-state index in [4.69, 9.17) is 10.3 Å². The number of aromatic nitrogens is 1. The maximum atomic E-state index is 13.8. The molecular weight excluding hydrogens is 271 g/mol. The molecule has 102 valence electrons. The van der Waals surface area contributed by atoms with Gasteiger partial charge in [-0.2, -0.15) is 0 Å². The number of hydrogen-bond donors (Lipinski definition) is 1. The first-order valence-electron chi connectivity index (χ1n) is 5.51. The molecule has 5 nitrogen and oxygen atoms in total. The van der Waals surface area contributed by atoms with E-state index in [0.29, 0.717) is 0 Å². The fraction of sp³-hybridized carbons (Fsp3) is 0.250. The first kappa shape index (κ1) is 13.5. The van der Waals surface area contributed by atoms with Gasteiger partial charge in [-0.15, -0.1) is 0 Å². The molecule has 0 aliphatic carbocycles. The second-order valence-corrected chi connectivity index (χ2v) is 6.62. The summed E-state index contributed by atoms with van der Waals surface area (Å²) in [4.78, 5) is 0. The number of sulfone groups is 1. The minimum atomic E-state index is -3.39. The van der Waals surface area contributed by atoms with Crippen molar-refractivity contribution in [1.29, 1.82) is 0 Å². The number of hydrogen-bond acceptors (Lipinski definition) is 5. The number of nitrogens with zero attached hydrogens (tertiary/aromatic N) is 1. The highest BCUT2D eigenvalue weighted by molar-refractivity contribution is 7.90. The summed E-state index contributed by atoms with van der Waals surface area (Å²) in [5.74, 6) is -0.616. The zero-order chi connectivity index (χ0) is 14.2. The van der Waals surface area contributed by atoms with Gasteiger partial charge in [0, 0.05) is 11.8 Å². The molecular formula is C12H13FN2O3S. The van der Waals surface area contributed by atoms with Crippen LogP contribution in [-0.2, 0) is 9.84 Å². The molecule has 0 radical (unpaired) electrons. The topological polar surface area (TPSA) is 86.2 Å². The van der Waals surface area contributed by atoms with E-state index in [9.17, 15) is 12.8 Å². The molecule has 1 heterocycles. The third-order valence-electron chi connectivity index (χ3n) is 2.92. The maximum absolute atomic E-state index is 13.8. The quantitative estimate of drug-likeness (QED) is 0.933. The molecule has 2 rings (SSSR count). The molecule has 19 heavy (non-hydrogen) atoms. The maximum Gasteiger partial charge on any atom is 0.230 e. The van der Waals surface area contributed by atoms with Crippen molar-refractivity contribution < 1.29 is 17.3 Å². The molecule has 0 aliphatic rings. The summed E-state index contributed by atoms with van der Waals surface area (Å²) in [6, 6.07) is 5.91. The molecule has 0 bridgehead atoms. The van der Waals surface area contributed by atoms with E-state index in [-0.39, 0.29) is 22.7 Å². The first-order chi connectivity index (χ1) is 8.82. The van der Waals surface area contributed by atoms with Gasteiger partial charge in [0.2, 0.25) is 5.88 Å². The van der Waals surface area contributed by atoms with E-state index in [1.165, 1.54) is 25.1 Å². The van der Waals surface area contributed by atoms with Crippen molar-refractivity contribution >= 4 is 15.7 Å². The highest BCUT2D eigenvalue weighted by Crippen LogP contribution is 2.36. The molecule has 0 amide bonds. The molecule has 0 spiro atoms. The van der Waals surface area contributed by atoms with E-state index < -0.39 is 20.9 Å². The van der Waals surface area contributed by atoms with Gasteiger partial charge in [-0.05, 0) is 13.0 Å². The lowest BCUT2D eigenvalue weighted by atomic mass is 10.0. The summed E-state index contributed by atoms with van der Waals surface area (Å²) in [5, 5.41) is 2.73. The van der Waals surface area contributed by atoms with Gasteiger partial charge in [-0.3, -0.25) is 0 Å². The van der Waals surface area contributed by atoms with Crippen LogP contribution in [0.15, 0.2) is 28.8 Å². The first-order valence-corrected chi connectivity index (χ1v) is 7.46. The van der Waals surface area contributed by atoms with Crippen molar-refractivity contribution in [2.75, 3.05) is 12.0 Å². The zero-order valence-corrected chi connectivity index (χ0v) is 11.2. The lowest BCUT2D eigenvalue weighted by molar-refractivity contribution is 0.426. The van der Waals surface area contributed by atoms with Gasteiger partial charge in [0.1, 0.15) is 16.8 Å². The second kappa shape index (κ2) is 4.65. The van der Waals surface area contributed by atoms with E-state index >= 15 is 0 Å². The van der Waals surface area contributed by atoms with Gasteiger partial charge in [-0.25, -0.2) is 12.8 Å². The predicted octanol–water partition coefficient (Wildman–Crippen LogP) is 2.17. The Balaban J connectivity index is 2.66. The Morgan fingerprint density at radius 3 is 2.58 bits per heavy atom. The minimum absolute atomic E-state index is 0.101. The molecule has 1 aromatic heterocycles. The number of benzene rings is 1. The number of nitrogen functional groups attached to an aromatic ring is 1. The van der Waals surface area contributed by atoms with Gasteiger partial charge in [0.25, 0.3) is 0 Å². The molecule has 1 atom stereocenters. The molecule has 7 heteroatoms. The average Bonchev–Trinajstić information content (AvgIpc) is 2.69. The Morgan fingerprint density at radius 2 is 2.00 bits per heavy atom. The van der Waals surface area contributed by atoms with Crippen LogP contribution in [0.25, 0.3) is 11.1 Å². The number of anilines is 1. The molecule has 0 saturated carbocycles. The fourth-order valence-electron chi connectivity index (χ4n) is 1.73. The van der Waals surface area contributed by atoms with E-state index in [2.05, 4.69) is 5.16 Å². The third-order valence-corrected chi connectivity index (χ3v) is 4.42. The predicted molar refractivity (Wildman–Crippen MR) is 69.6 cm³/mol. The highest BCUT2D eigenvalue weighted by atomic mass is 32.2. The van der Waals surface area contributed by atoms with Crippen molar-refractivity contribution in [2.45, 2.75) is 12.2 Å². The highest BCUT2D eigenvalue weighted by Gasteiger charge is 2.28. The van der Waals surface area contributed by atoms with Crippen LogP contribution >= 0.6 is 0 Å². The van der Waals surface area contributed by atoms with Crippen molar-refractivity contribution in [3.05, 3.63) is 35.8 Å². The Labute approximate surface area is 110 Å². The lowest BCUT2D eigenvalue weighted by Gasteiger charge is -2.09. The van der Waals surface area contributed by atoms with Crippen LogP contribution in [0.2, 0.25) is 0 Å². The second-order valence-electron chi connectivity index (χ2n) is 4.26. The smallest absolute Gasteiger partial charge is 0.230 e. The lowest BCUT2D eigenvalue weighted by Crippen LogP contribution is -2.09. The minimum Gasteiger partial charge on any atom is -0.367 e. The normalized spacial score (nSPS) is 13.4. The molecule has 0 saturated heterocycles. The van der Waals surface area contributed by atoms with E-state index in [1.807, 2.05) is 0 Å². The summed E-state index contributed by atoms with van der Waals surface area (Å²) in [7, 11) is -3.39. The van der Waals surface area contributed by atoms with Gasteiger partial charge in [0.05, 0.1) is 5.56 Å². The number of nitrogens with two attached hydrogens (primary N) is 1. The molecule has 0 fully saturated rings. The SMILES string of the molecule is CC(c1noc(N)c1-c1ccccc1F)S(C)(=O)=O. The number of halogens is 1. The van der Waals surface area contributed by atoms with Gasteiger partial charge >= 0.3 is 0 Å². The monoisotopic (exact) mass is 284 g/mol. The van der Waals surface area contributed by atoms with Crippen molar-refractivity contribution in [2.24, 2.45) is 0 Å². The Morgan fingerprint density at radius 1 is 1.37 bits per heavy atom. The van der Waals surface area contributed by atoms with Crippen molar-refractivity contribution in [3.8, 4) is 11.1 Å². The summed E-state index contributed by atoms with van der Waals surface area (Å²) in [6.45, 7) is 1.46. The van der Waals surface area contributed by atoms with Crippen LogP contribution in [0.5, 0.6) is 0 Å². The van der Waals surface area contributed by atoms with Crippen LogP contribution in [0.3, 0.4) is 0 Å². The third kappa shape index (κ3) is 2.46. The summed E-state index contributed by atoms with van der Waals surface area (Å²) < 4.78 is 41.8. The Bertz CT molecular complexity index is 710. The summed E-state index contributed by atoms with van der Waals surface area (Å²) in [6.07, 6.45) is 1.08. The van der Waals surface area contributed by atoms with Gasteiger partial charge < -0.3 is 10.3 Å². The average molecular weight is 284 g/mol. The zero-order valence-electron chi connectivity index (χ0n) is 10.4. The largest absolute Gasteiger partial charge is 0.367 e. The van der Waals surface area contributed by atoms with Crippen LogP contribution in [0.4, 0.5) is 10.3 Å². The van der Waals surface area contributed by atoms with Gasteiger partial charge in [0.15, 0.2) is 9.84 Å². The summed E-state index contributed by atoms with van der Waals surface area (Å²) in [5.41, 5.74) is 6.11. The molecule has 1 aromatic carbocycles. The van der Waals surface area contributed by atoms with E-state index in [1.54, 1.807) is 6.07 Å². The fourth-order valence-corrected chi connectivity index (χ4v) is 2.30. The van der Waals surface area contributed by atoms with Crippen molar-refractivity contribution in [1.82, 2.24) is 5.16 Å². The molecule has 1 unspecified atom stereocenters. The van der Waals surface area contributed by atoms with Crippen LogP contribution in [-0.4, -0.2) is 19.8 Å². The summed E-state index contributed by atoms with van der Waals surface area (Å²) >= 11 is 0. The standard InChI is InChI=1S/C12H13FN2O3S/c1-7(19(2,16)17)11-10(12(14)18-15-11)8-5-3-4-6-9(8)13/h3-7H,14H2,1-2H3. The number of rotatable bonds is 3. The van der Waals surface area contributed by atoms with E-state index in [0.717, 1.165) is 6.26 Å². The van der Waals surface area contributed by atoms with Crippen molar-refractivity contribution in [3.63, 3.8) is 0 Å². The molecule has 2 N–H and O–H groups in total. The Hall–Kier alpha value is -1.89. The molecule has 2 aromatic rings. The van der Waals surface area contributed by atoms with Crippen LogP contribution < -0.4 is 5.73 Å². The molecule has 0 aliphatic heterocycles. The van der Waals surface area contributed by atoms with Crippen LogP contribution in [0, 0.1) is 5.82 Å².